The fourth-order valence-electron chi connectivity index (χ4n) is 1.70. The van der Waals surface area contributed by atoms with Gasteiger partial charge >= 0.3 is 0 Å². The first-order valence-corrected chi connectivity index (χ1v) is 6.20. The van der Waals surface area contributed by atoms with Gasteiger partial charge in [-0.1, -0.05) is 12.1 Å². The molecule has 0 fully saturated rings. The Kier molecular flexibility index (Phi) is 5.82. The van der Waals surface area contributed by atoms with E-state index in [0.717, 1.165) is 25.1 Å². The number of rotatable bonds is 6. The van der Waals surface area contributed by atoms with E-state index in [4.69, 9.17) is 0 Å². The molecule has 0 saturated heterocycles. The van der Waals surface area contributed by atoms with Crippen molar-refractivity contribution in [3.8, 4) is 0 Å². The second-order valence-corrected chi connectivity index (χ2v) is 4.65. The predicted molar refractivity (Wildman–Crippen MR) is 72.5 cm³/mol. The van der Waals surface area contributed by atoms with Crippen molar-refractivity contribution in [2.45, 2.75) is 26.0 Å². The average Bonchev–Trinajstić information content (AvgIpc) is 2.36. The largest absolute Gasteiger partial charge is 0.393 e. The normalized spacial score (nSPS) is 12.5. The van der Waals surface area contributed by atoms with Crippen molar-refractivity contribution in [2.24, 2.45) is 0 Å². The van der Waals surface area contributed by atoms with E-state index in [0.29, 0.717) is 5.56 Å². The van der Waals surface area contributed by atoms with Gasteiger partial charge in [0.25, 0.3) is 5.91 Å². The third-order valence-corrected chi connectivity index (χ3v) is 2.82. The molecule has 0 radical (unpaired) electrons. The standard InChI is InChI=1S/C14H22N2O2/c1-11(17)8-9-16(3)10-12-4-6-13(7-5-12)14(18)15-2/h4-7,11,17H,8-10H2,1-3H3,(H,15,18). The van der Waals surface area contributed by atoms with Gasteiger partial charge in [-0.3, -0.25) is 4.79 Å². The Morgan fingerprint density at radius 1 is 1.39 bits per heavy atom. The molecule has 18 heavy (non-hydrogen) atoms. The molecule has 1 unspecified atom stereocenters. The van der Waals surface area contributed by atoms with Gasteiger partial charge in [0.15, 0.2) is 0 Å². The first-order valence-electron chi connectivity index (χ1n) is 6.20. The van der Waals surface area contributed by atoms with E-state index in [9.17, 15) is 9.90 Å². The number of benzene rings is 1. The van der Waals surface area contributed by atoms with Gasteiger partial charge in [-0.2, -0.15) is 0 Å². The summed E-state index contributed by atoms with van der Waals surface area (Å²) < 4.78 is 0. The summed E-state index contributed by atoms with van der Waals surface area (Å²) in [6.45, 7) is 3.47. The van der Waals surface area contributed by atoms with Crippen LogP contribution in [0.15, 0.2) is 24.3 Å². The van der Waals surface area contributed by atoms with E-state index < -0.39 is 0 Å². The molecule has 1 amide bonds. The van der Waals surface area contributed by atoms with Gasteiger partial charge in [-0.25, -0.2) is 0 Å². The number of nitrogens with one attached hydrogen (secondary N) is 1. The van der Waals surface area contributed by atoms with Gasteiger partial charge in [0, 0.05) is 25.7 Å². The highest BCUT2D eigenvalue weighted by Gasteiger charge is 2.05. The van der Waals surface area contributed by atoms with E-state index in [1.807, 2.05) is 31.3 Å². The number of carbonyl (C=O) groups is 1. The zero-order valence-electron chi connectivity index (χ0n) is 11.3. The second kappa shape index (κ2) is 7.13. The van der Waals surface area contributed by atoms with E-state index >= 15 is 0 Å². The summed E-state index contributed by atoms with van der Waals surface area (Å²) in [5, 5.41) is 11.8. The molecule has 100 valence electrons. The molecule has 0 aliphatic rings. The van der Waals surface area contributed by atoms with Crippen LogP contribution in [0, 0.1) is 0 Å². The van der Waals surface area contributed by atoms with Crippen LogP contribution in [0.25, 0.3) is 0 Å². The smallest absolute Gasteiger partial charge is 0.251 e. The van der Waals surface area contributed by atoms with E-state index in [1.165, 1.54) is 0 Å². The summed E-state index contributed by atoms with van der Waals surface area (Å²) in [5.41, 5.74) is 1.84. The molecule has 4 heteroatoms. The van der Waals surface area contributed by atoms with Crippen LogP contribution < -0.4 is 5.32 Å². The molecule has 0 heterocycles. The van der Waals surface area contributed by atoms with E-state index in [1.54, 1.807) is 14.0 Å². The van der Waals surface area contributed by atoms with E-state index in [2.05, 4.69) is 10.2 Å². The number of aliphatic hydroxyl groups is 1. The zero-order valence-corrected chi connectivity index (χ0v) is 11.3. The topological polar surface area (TPSA) is 52.6 Å². The Balaban J connectivity index is 2.50. The van der Waals surface area contributed by atoms with Crippen LogP contribution in [-0.2, 0) is 6.54 Å². The molecule has 1 aromatic rings. The van der Waals surface area contributed by atoms with Crippen LogP contribution in [0.4, 0.5) is 0 Å². The molecule has 4 nitrogen and oxygen atoms in total. The van der Waals surface area contributed by atoms with Gasteiger partial charge in [-0.15, -0.1) is 0 Å². The van der Waals surface area contributed by atoms with Crippen LogP contribution in [0.5, 0.6) is 0 Å². The van der Waals surface area contributed by atoms with Crippen LogP contribution in [0.2, 0.25) is 0 Å². The summed E-state index contributed by atoms with van der Waals surface area (Å²) in [5.74, 6) is -0.0657. The van der Waals surface area contributed by atoms with Crippen molar-refractivity contribution >= 4 is 5.91 Å². The second-order valence-electron chi connectivity index (χ2n) is 4.65. The summed E-state index contributed by atoms with van der Waals surface area (Å²) in [7, 11) is 3.65. The molecule has 1 aromatic carbocycles. The Morgan fingerprint density at radius 3 is 2.50 bits per heavy atom. The first kappa shape index (κ1) is 14.7. The predicted octanol–water partition coefficient (Wildman–Crippen LogP) is 1.25. The molecule has 0 saturated carbocycles. The van der Waals surface area contributed by atoms with E-state index in [-0.39, 0.29) is 12.0 Å². The molecule has 1 atom stereocenters. The highest BCUT2D eigenvalue weighted by atomic mass is 16.3. The van der Waals surface area contributed by atoms with Crippen molar-refractivity contribution < 1.29 is 9.90 Å². The first-order chi connectivity index (χ1) is 8.52. The molecule has 0 aliphatic heterocycles. The van der Waals surface area contributed by atoms with Gasteiger partial charge in [-0.05, 0) is 38.1 Å². The molecule has 0 aromatic heterocycles. The summed E-state index contributed by atoms with van der Waals surface area (Å²) in [6, 6.07) is 7.58. The Bertz CT molecular complexity index is 374. The van der Waals surface area contributed by atoms with Crippen molar-refractivity contribution in [1.29, 1.82) is 0 Å². The van der Waals surface area contributed by atoms with Gasteiger partial charge in [0.1, 0.15) is 0 Å². The lowest BCUT2D eigenvalue weighted by molar-refractivity contribution is 0.0963. The van der Waals surface area contributed by atoms with Crippen molar-refractivity contribution in [3.63, 3.8) is 0 Å². The maximum atomic E-state index is 11.4. The van der Waals surface area contributed by atoms with Crippen LogP contribution in [0.3, 0.4) is 0 Å². The number of amides is 1. The van der Waals surface area contributed by atoms with Crippen molar-refractivity contribution in [1.82, 2.24) is 10.2 Å². The summed E-state index contributed by atoms with van der Waals surface area (Å²) >= 11 is 0. The Labute approximate surface area is 109 Å². The molecule has 1 rings (SSSR count). The fourth-order valence-corrected chi connectivity index (χ4v) is 1.70. The Morgan fingerprint density at radius 2 is 2.00 bits per heavy atom. The summed E-state index contributed by atoms with van der Waals surface area (Å²) in [4.78, 5) is 13.5. The Hall–Kier alpha value is -1.39. The molecule has 0 bridgehead atoms. The van der Waals surface area contributed by atoms with Crippen LogP contribution in [0.1, 0.15) is 29.3 Å². The molecular weight excluding hydrogens is 228 g/mol. The zero-order chi connectivity index (χ0) is 13.5. The third-order valence-electron chi connectivity index (χ3n) is 2.82. The number of carbonyl (C=O) groups excluding carboxylic acids is 1. The number of hydrogen-bond acceptors (Lipinski definition) is 3. The van der Waals surface area contributed by atoms with Crippen molar-refractivity contribution in [2.75, 3.05) is 20.6 Å². The highest BCUT2D eigenvalue weighted by molar-refractivity contribution is 5.93. The lowest BCUT2D eigenvalue weighted by Gasteiger charge is -2.17. The highest BCUT2D eigenvalue weighted by Crippen LogP contribution is 2.07. The minimum atomic E-state index is -0.261. The van der Waals surface area contributed by atoms with Crippen LogP contribution >= 0.6 is 0 Å². The number of hydrogen-bond donors (Lipinski definition) is 2. The fraction of sp³-hybridized carbons (Fsp3) is 0.500. The average molecular weight is 250 g/mol. The van der Waals surface area contributed by atoms with Gasteiger partial charge < -0.3 is 15.3 Å². The lowest BCUT2D eigenvalue weighted by atomic mass is 10.1. The van der Waals surface area contributed by atoms with Gasteiger partial charge in [0.05, 0.1) is 6.10 Å². The quantitative estimate of drug-likeness (QED) is 0.799. The SMILES string of the molecule is CNC(=O)c1ccc(CN(C)CCC(C)O)cc1. The number of aliphatic hydroxyl groups excluding tert-OH is 1. The molecule has 2 N–H and O–H groups in total. The maximum Gasteiger partial charge on any atom is 0.251 e. The molecule has 0 spiro atoms. The van der Waals surface area contributed by atoms with Gasteiger partial charge in [0.2, 0.25) is 0 Å². The minimum Gasteiger partial charge on any atom is -0.393 e. The monoisotopic (exact) mass is 250 g/mol. The van der Waals surface area contributed by atoms with Crippen LogP contribution in [-0.4, -0.2) is 42.7 Å². The minimum absolute atomic E-state index is 0.0657. The summed E-state index contributed by atoms with van der Waals surface area (Å²) in [6.07, 6.45) is 0.510. The lowest BCUT2D eigenvalue weighted by Crippen LogP contribution is -2.22. The molecule has 0 aliphatic carbocycles. The van der Waals surface area contributed by atoms with Crippen molar-refractivity contribution in [3.05, 3.63) is 35.4 Å². The molecular formula is C14H22N2O2. The number of nitrogens with zero attached hydrogens (tertiary/aromatic N) is 1. The maximum absolute atomic E-state index is 11.4. The third kappa shape index (κ3) is 4.85.